The molecular formula is C20H21ClN2O6S. The van der Waals surface area contributed by atoms with Crippen LogP contribution in [-0.2, 0) is 19.5 Å². The lowest BCUT2D eigenvalue weighted by Crippen LogP contribution is -2.40. The summed E-state index contributed by atoms with van der Waals surface area (Å²) >= 11 is 6.14. The Hall–Kier alpha value is -2.46. The first-order valence-corrected chi connectivity index (χ1v) is 10.9. The summed E-state index contributed by atoms with van der Waals surface area (Å²) < 4.78 is 37.1. The molecule has 160 valence electrons. The number of carbonyl (C=O) groups is 2. The quantitative estimate of drug-likeness (QED) is 0.700. The highest BCUT2D eigenvalue weighted by atomic mass is 35.5. The summed E-state index contributed by atoms with van der Waals surface area (Å²) in [5.74, 6) is -1.05. The number of sulfonamides is 1. The first kappa shape index (κ1) is 22.2. The zero-order valence-corrected chi connectivity index (χ0v) is 18.0. The second-order valence-electron chi connectivity index (χ2n) is 6.59. The number of benzene rings is 2. The highest BCUT2D eigenvalue weighted by Gasteiger charge is 2.29. The number of carbonyl (C=O) groups excluding carboxylic acids is 2. The van der Waals surface area contributed by atoms with Crippen LogP contribution in [0.15, 0.2) is 41.3 Å². The Kier molecular flexibility index (Phi) is 6.77. The zero-order valence-electron chi connectivity index (χ0n) is 16.5. The molecule has 0 unspecified atom stereocenters. The molecule has 0 bridgehead atoms. The summed E-state index contributed by atoms with van der Waals surface area (Å²) in [7, 11) is -2.60. The lowest BCUT2D eigenvalue weighted by atomic mass is 10.1. The number of nitrogens with one attached hydrogen (secondary N) is 1. The first-order chi connectivity index (χ1) is 14.3. The number of methoxy groups -OCH3 is 1. The normalized spacial score (nSPS) is 14.9. The van der Waals surface area contributed by atoms with Crippen LogP contribution < -0.4 is 5.32 Å². The molecular weight excluding hydrogens is 432 g/mol. The first-order valence-electron chi connectivity index (χ1n) is 9.12. The number of esters is 1. The molecule has 1 saturated heterocycles. The molecule has 0 spiro atoms. The Morgan fingerprint density at radius 2 is 1.87 bits per heavy atom. The van der Waals surface area contributed by atoms with Crippen molar-refractivity contribution in [3.05, 3.63) is 58.1 Å². The standard InChI is InChI=1S/C20H21ClN2O6S/c1-13-15(20(25)28-2)4-3-5-17(13)22-19(24)14-6-7-16(21)18(12-14)30(26,27)23-8-10-29-11-9-23/h3-7,12H,8-11H2,1-2H3,(H,22,24). The third-order valence-corrected chi connectivity index (χ3v) is 7.15. The Labute approximate surface area is 179 Å². The van der Waals surface area contributed by atoms with Gasteiger partial charge in [-0.05, 0) is 42.8 Å². The van der Waals surface area contributed by atoms with Crippen molar-refractivity contribution in [2.24, 2.45) is 0 Å². The van der Waals surface area contributed by atoms with Crippen molar-refractivity contribution in [3.63, 3.8) is 0 Å². The largest absolute Gasteiger partial charge is 0.465 e. The Morgan fingerprint density at radius 1 is 1.17 bits per heavy atom. The molecule has 2 aromatic carbocycles. The minimum atomic E-state index is -3.87. The topological polar surface area (TPSA) is 102 Å². The van der Waals surface area contributed by atoms with Crippen molar-refractivity contribution in [1.82, 2.24) is 4.31 Å². The van der Waals surface area contributed by atoms with Crippen molar-refractivity contribution in [2.75, 3.05) is 38.7 Å². The molecule has 0 aliphatic carbocycles. The van der Waals surface area contributed by atoms with E-state index in [1.54, 1.807) is 25.1 Å². The fourth-order valence-electron chi connectivity index (χ4n) is 3.06. The number of anilines is 1. The second-order valence-corrected chi connectivity index (χ2v) is 8.90. The summed E-state index contributed by atoms with van der Waals surface area (Å²) in [5, 5.41) is 2.73. The highest BCUT2D eigenvalue weighted by Crippen LogP contribution is 2.27. The minimum absolute atomic E-state index is 0.0295. The molecule has 0 aromatic heterocycles. The molecule has 0 radical (unpaired) electrons. The predicted molar refractivity (Wildman–Crippen MR) is 112 cm³/mol. The van der Waals surface area contributed by atoms with E-state index in [9.17, 15) is 18.0 Å². The van der Waals surface area contributed by atoms with E-state index in [1.807, 2.05) is 0 Å². The van der Waals surface area contributed by atoms with E-state index in [2.05, 4.69) is 5.32 Å². The number of hydrogen-bond donors (Lipinski definition) is 1. The third kappa shape index (κ3) is 4.49. The van der Waals surface area contributed by atoms with Crippen molar-refractivity contribution in [1.29, 1.82) is 0 Å². The smallest absolute Gasteiger partial charge is 0.338 e. The Morgan fingerprint density at radius 3 is 2.53 bits per heavy atom. The van der Waals surface area contributed by atoms with Gasteiger partial charge in [-0.2, -0.15) is 4.31 Å². The van der Waals surface area contributed by atoms with E-state index in [-0.39, 0.29) is 28.6 Å². The molecule has 8 nitrogen and oxygen atoms in total. The SMILES string of the molecule is COC(=O)c1cccc(NC(=O)c2ccc(Cl)c(S(=O)(=O)N3CCOCC3)c2)c1C. The number of morpholine rings is 1. The van der Waals surface area contributed by atoms with E-state index in [0.29, 0.717) is 30.0 Å². The van der Waals surface area contributed by atoms with Crippen molar-refractivity contribution < 1.29 is 27.5 Å². The van der Waals surface area contributed by atoms with Crippen LogP contribution >= 0.6 is 11.6 Å². The van der Waals surface area contributed by atoms with Crippen LogP contribution in [0.5, 0.6) is 0 Å². The lowest BCUT2D eigenvalue weighted by molar-refractivity contribution is 0.0599. The van der Waals surface area contributed by atoms with Gasteiger partial charge in [0.15, 0.2) is 0 Å². The number of ether oxygens (including phenoxy) is 2. The van der Waals surface area contributed by atoms with Crippen LogP contribution in [0, 0.1) is 6.92 Å². The lowest BCUT2D eigenvalue weighted by Gasteiger charge is -2.26. The fraction of sp³-hybridized carbons (Fsp3) is 0.300. The molecule has 1 N–H and O–H groups in total. The van der Waals surface area contributed by atoms with Crippen molar-refractivity contribution in [2.45, 2.75) is 11.8 Å². The molecule has 0 atom stereocenters. The van der Waals surface area contributed by atoms with Crippen molar-refractivity contribution in [3.8, 4) is 0 Å². The predicted octanol–water partition coefficient (Wildman–Crippen LogP) is 2.71. The van der Waals surface area contributed by atoms with E-state index in [0.717, 1.165) is 0 Å². The van der Waals surface area contributed by atoms with Gasteiger partial charge in [-0.25, -0.2) is 13.2 Å². The van der Waals surface area contributed by atoms with Gasteiger partial charge >= 0.3 is 5.97 Å². The zero-order chi connectivity index (χ0) is 21.9. The number of halogens is 1. The van der Waals surface area contributed by atoms with Gasteiger partial charge in [0.25, 0.3) is 5.91 Å². The molecule has 10 heteroatoms. The van der Waals surface area contributed by atoms with E-state index < -0.39 is 21.9 Å². The molecule has 0 saturated carbocycles. The van der Waals surface area contributed by atoms with Gasteiger partial charge in [0, 0.05) is 24.3 Å². The fourth-order valence-corrected chi connectivity index (χ4v) is 4.97. The monoisotopic (exact) mass is 452 g/mol. The molecule has 2 aromatic rings. The summed E-state index contributed by atoms with van der Waals surface area (Å²) in [6.07, 6.45) is 0. The van der Waals surface area contributed by atoms with Gasteiger partial charge < -0.3 is 14.8 Å². The van der Waals surface area contributed by atoms with E-state index >= 15 is 0 Å². The molecule has 1 aliphatic heterocycles. The summed E-state index contributed by atoms with van der Waals surface area (Å²) in [4.78, 5) is 24.5. The van der Waals surface area contributed by atoms with Crippen LogP contribution in [0.25, 0.3) is 0 Å². The summed E-state index contributed by atoms with van der Waals surface area (Å²) in [6, 6.07) is 8.91. The maximum absolute atomic E-state index is 13.0. The number of rotatable bonds is 5. The number of amides is 1. The van der Waals surface area contributed by atoms with E-state index in [1.165, 1.54) is 29.6 Å². The van der Waals surface area contributed by atoms with Crippen LogP contribution in [0.1, 0.15) is 26.3 Å². The summed E-state index contributed by atoms with van der Waals surface area (Å²) in [6.45, 7) is 2.71. The third-order valence-electron chi connectivity index (χ3n) is 4.77. The molecule has 1 fully saturated rings. The van der Waals surface area contributed by atoms with Gasteiger partial charge in [0.1, 0.15) is 4.90 Å². The average Bonchev–Trinajstić information content (AvgIpc) is 2.75. The van der Waals surface area contributed by atoms with Gasteiger partial charge in [-0.3, -0.25) is 4.79 Å². The minimum Gasteiger partial charge on any atom is -0.465 e. The highest BCUT2D eigenvalue weighted by molar-refractivity contribution is 7.89. The maximum atomic E-state index is 13.0. The summed E-state index contributed by atoms with van der Waals surface area (Å²) in [5.41, 5.74) is 1.39. The second kappa shape index (κ2) is 9.13. The number of nitrogens with zero attached hydrogens (tertiary/aromatic N) is 1. The number of hydrogen-bond acceptors (Lipinski definition) is 6. The van der Waals surface area contributed by atoms with Crippen LogP contribution in [0.4, 0.5) is 5.69 Å². The molecule has 3 rings (SSSR count). The van der Waals surface area contributed by atoms with Crippen molar-refractivity contribution >= 4 is 39.2 Å². The molecule has 1 heterocycles. The Bertz CT molecular complexity index is 1080. The van der Waals surface area contributed by atoms with E-state index in [4.69, 9.17) is 21.1 Å². The van der Waals surface area contributed by atoms with Crippen LogP contribution in [0.3, 0.4) is 0 Å². The van der Waals surface area contributed by atoms with Gasteiger partial charge in [0.05, 0.1) is 30.9 Å². The Balaban J connectivity index is 1.90. The van der Waals surface area contributed by atoms with Gasteiger partial charge in [-0.15, -0.1) is 0 Å². The van der Waals surface area contributed by atoms with Gasteiger partial charge in [-0.1, -0.05) is 17.7 Å². The molecule has 30 heavy (non-hydrogen) atoms. The van der Waals surface area contributed by atoms with Crippen LogP contribution in [-0.4, -0.2) is 58.0 Å². The molecule has 1 aliphatic rings. The average molecular weight is 453 g/mol. The van der Waals surface area contributed by atoms with Gasteiger partial charge in [0.2, 0.25) is 10.0 Å². The molecule has 1 amide bonds. The maximum Gasteiger partial charge on any atom is 0.338 e. The van der Waals surface area contributed by atoms with Crippen LogP contribution in [0.2, 0.25) is 5.02 Å².